The van der Waals surface area contributed by atoms with E-state index >= 15 is 0 Å². The highest BCUT2D eigenvalue weighted by atomic mass is 16.3. The van der Waals surface area contributed by atoms with Gasteiger partial charge in [0.25, 0.3) is 0 Å². The van der Waals surface area contributed by atoms with Crippen LogP contribution in [-0.4, -0.2) is 9.97 Å². The van der Waals surface area contributed by atoms with Crippen LogP contribution in [0.25, 0.3) is 66.6 Å². The van der Waals surface area contributed by atoms with E-state index in [0.29, 0.717) is 5.82 Å². The summed E-state index contributed by atoms with van der Waals surface area (Å²) in [5.74, 6) is 0.700. The second kappa shape index (κ2) is 7.93. The van der Waals surface area contributed by atoms with Crippen LogP contribution in [0.4, 0.5) is 0 Å². The molecule has 35 heavy (non-hydrogen) atoms. The molecule has 2 heterocycles. The Morgan fingerprint density at radius 1 is 0.457 bits per heavy atom. The topological polar surface area (TPSA) is 38.9 Å². The van der Waals surface area contributed by atoms with Gasteiger partial charge in [0.15, 0.2) is 5.82 Å². The highest BCUT2D eigenvalue weighted by Gasteiger charge is 2.16. The molecule has 5 aromatic carbocycles. The zero-order valence-electron chi connectivity index (χ0n) is 18.8. The molecule has 0 bridgehead atoms. The van der Waals surface area contributed by atoms with Crippen LogP contribution in [0.5, 0.6) is 0 Å². The van der Waals surface area contributed by atoms with Crippen LogP contribution in [0.2, 0.25) is 0 Å². The Hall–Kier alpha value is -4.76. The third kappa shape index (κ3) is 3.29. The highest BCUT2D eigenvalue weighted by Crippen LogP contribution is 2.37. The van der Waals surface area contributed by atoms with E-state index in [9.17, 15) is 0 Å². The van der Waals surface area contributed by atoms with Crippen molar-refractivity contribution in [3.05, 3.63) is 121 Å². The van der Waals surface area contributed by atoms with Crippen LogP contribution in [0.15, 0.2) is 126 Å². The Labute approximate surface area is 202 Å². The van der Waals surface area contributed by atoms with E-state index in [0.717, 1.165) is 60.8 Å². The van der Waals surface area contributed by atoms with Crippen molar-refractivity contribution in [3.63, 3.8) is 0 Å². The van der Waals surface area contributed by atoms with E-state index in [4.69, 9.17) is 14.4 Å². The van der Waals surface area contributed by atoms with Gasteiger partial charge in [-0.15, -0.1) is 0 Å². The first-order valence-corrected chi connectivity index (χ1v) is 11.7. The number of rotatable bonds is 3. The molecular weight excluding hydrogens is 428 g/mol. The molecule has 0 saturated carbocycles. The van der Waals surface area contributed by atoms with Crippen molar-refractivity contribution in [3.8, 4) is 33.9 Å². The molecule has 164 valence electrons. The molecule has 0 fully saturated rings. The van der Waals surface area contributed by atoms with Crippen LogP contribution in [-0.2, 0) is 0 Å². The Bertz CT molecular complexity index is 1780. The number of benzene rings is 5. The number of hydrogen-bond donors (Lipinski definition) is 0. The molecule has 0 aliphatic carbocycles. The minimum Gasteiger partial charge on any atom is -0.455 e. The first-order valence-electron chi connectivity index (χ1n) is 11.7. The lowest BCUT2D eigenvalue weighted by molar-refractivity contribution is 0.672. The first-order chi connectivity index (χ1) is 17.3. The third-order valence-electron chi connectivity index (χ3n) is 6.51. The zero-order valence-corrected chi connectivity index (χ0v) is 18.8. The van der Waals surface area contributed by atoms with Crippen molar-refractivity contribution < 1.29 is 4.42 Å². The summed E-state index contributed by atoms with van der Waals surface area (Å²) in [5, 5.41) is 4.38. The average Bonchev–Trinajstić information content (AvgIpc) is 3.33. The van der Waals surface area contributed by atoms with Gasteiger partial charge in [-0.2, -0.15) is 0 Å². The minimum atomic E-state index is 0.700. The lowest BCUT2D eigenvalue weighted by Gasteiger charge is -2.11. The van der Waals surface area contributed by atoms with Gasteiger partial charge >= 0.3 is 0 Å². The van der Waals surface area contributed by atoms with Gasteiger partial charge in [-0.05, 0) is 23.6 Å². The summed E-state index contributed by atoms with van der Waals surface area (Å²) in [5.41, 5.74) is 6.70. The summed E-state index contributed by atoms with van der Waals surface area (Å²) < 4.78 is 6.30. The molecular formula is C32H20N2O. The summed E-state index contributed by atoms with van der Waals surface area (Å²) in [6.07, 6.45) is 0. The molecule has 0 aliphatic rings. The average molecular weight is 449 g/mol. The molecule has 7 rings (SSSR count). The van der Waals surface area contributed by atoms with Gasteiger partial charge in [-0.3, -0.25) is 0 Å². The van der Waals surface area contributed by atoms with Crippen molar-refractivity contribution in [2.75, 3.05) is 0 Å². The molecule has 0 atom stereocenters. The Morgan fingerprint density at radius 2 is 1.03 bits per heavy atom. The summed E-state index contributed by atoms with van der Waals surface area (Å²) in [4.78, 5) is 10.1. The SMILES string of the molecule is c1ccc(-c2cc(-c3ccccc3)nc(-c3cccc4c3ccc3c5ccccc5oc43)n2)cc1. The van der Waals surface area contributed by atoms with Crippen molar-refractivity contribution >= 4 is 32.7 Å². The molecule has 0 unspecified atom stereocenters. The molecule has 3 nitrogen and oxygen atoms in total. The second-order valence-electron chi connectivity index (χ2n) is 8.64. The van der Waals surface area contributed by atoms with E-state index in [1.165, 1.54) is 0 Å². The van der Waals surface area contributed by atoms with Crippen LogP contribution in [0.3, 0.4) is 0 Å². The minimum absolute atomic E-state index is 0.700. The number of aromatic nitrogens is 2. The molecule has 0 N–H and O–H groups in total. The fourth-order valence-electron chi connectivity index (χ4n) is 4.82. The van der Waals surface area contributed by atoms with Crippen molar-refractivity contribution in [1.82, 2.24) is 9.97 Å². The maximum Gasteiger partial charge on any atom is 0.161 e. The lowest BCUT2D eigenvalue weighted by Crippen LogP contribution is -1.96. The Kier molecular flexibility index (Phi) is 4.46. The van der Waals surface area contributed by atoms with E-state index in [2.05, 4.69) is 66.7 Å². The van der Waals surface area contributed by atoms with E-state index in [-0.39, 0.29) is 0 Å². The van der Waals surface area contributed by atoms with Crippen molar-refractivity contribution in [1.29, 1.82) is 0 Å². The maximum absolute atomic E-state index is 6.30. The molecule has 0 spiro atoms. The number of nitrogens with zero attached hydrogens (tertiary/aromatic N) is 2. The second-order valence-corrected chi connectivity index (χ2v) is 8.64. The van der Waals surface area contributed by atoms with Crippen LogP contribution in [0, 0.1) is 0 Å². The number of hydrogen-bond acceptors (Lipinski definition) is 3. The van der Waals surface area contributed by atoms with Gasteiger partial charge in [0.2, 0.25) is 0 Å². The van der Waals surface area contributed by atoms with Crippen LogP contribution < -0.4 is 0 Å². The smallest absolute Gasteiger partial charge is 0.161 e. The summed E-state index contributed by atoms with van der Waals surface area (Å²) >= 11 is 0. The van der Waals surface area contributed by atoms with Crippen molar-refractivity contribution in [2.24, 2.45) is 0 Å². The molecule has 7 aromatic rings. The highest BCUT2D eigenvalue weighted by molar-refractivity contribution is 6.17. The van der Waals surface area contributed by atoms with E-state index in [1.54, 1.807) is 0 Å². The van der Waals surface area contributed by atoms with Gasteiger partial charge < -0.3 is 4.42 Å². The number of fused-ring (bicyclic) bond motifs is 5. The quantitative estimate of drug-likeness (QED) is 0.272. The summed E-state index contributed by atoms with van der Waals surface area (Å²) in [6.45, 7) is 0. The summed E-state index contributed by atoms with van der Waals surface area (Å²) in [7, 11) is 0. The fourth-order valence-corrected chi connectivity index (χ4v) is 4.82. The molecule has 0 radical (unpaired) electrons. The maximum atomic E-state index is 6.30. The molecule has 2 aromatic heterocycles. The van der Waals surface area contributed by atoms with Gasteiger partial charge in [0.05, 0.1) is 11.4 Å². The number of para-hydroxylation sites is 1. The normalized spacial score (nSPS) is 11.4. The van der Waals surface area contributed by atoms with Gasteiger partial charge in [-0.1, -0.05) is 103 Å². The lowest BCUT2D eigenvalue weighted by atomic mass is 10.0. The fraction of sp³-hybridized carbons (Fsp3) is 0. The Morgan fingerprint density at radius 3 is 1.74 bits per heavy atom. The number of furan rings is 1. The van der Waals surface area contributed by atoms with E-state index < -0.39 is 0 Å². The van der Waals surface area contributed by atoms with Crippen LogP contribution in [0.1, 0.15) is 0 Å². The van der Waals surface area contributed by atoms with Crippen LogP contribution >= 0.6 is 0 Å². The molecule has 0 amide bonds. The predicted octanol–water partition coefficient (Wildman–Crippen LogP) is 8.53. The van der Waals surface area contributed by atoms with Gasteiger partial charge in [0.1, 0.15) is 11.2 Å². The zero-order chi connectivity index (χ0) is 23.2. The third-order valence-corrected chi connectivity index (χ3v) is 6.51. The molecule has 3 heteroatoms. The molecule has 0 saturated heterocycles. The van der Waals surface area contributed by atoms with Gasteiger partial charge in [0, 0.05) is 32.8 Å². The van der Waals surface area contributed by atoms with Crippen molar-refractivity contribution in [2.45, 2.75) is 0 Å². The van der Waals surface area contributed by atoms with E-state index in [1.807, 2.05) is 54.6 Å². The first kappa shape index (κ1) is 19.7. The Balaban J connectivity index is 1.50. The van der Waals surface area contributed by atoms with Gasteiger partial charge in [-0.25, -0.2) is 9.97 Å². The molecule has 0 aliphatic heterocycles. The summed E-state index contributed by atoms with van der Waals surface area (Å²) in [6, 6.07) is 41.4. The predicted molar refractivity (Wildman–Crippen MR) is 143 cm³/mol. The largest absolute Gasteiger partial charge is 0.455 e. The monoisotopic (exact) mass is 448 g/mol. The standard InChI is InChI=1S/C32H20N2O/c1-3-10-21(11-4-1)28-20-29(22-12-5-2-6-13-22)34-32(33-28)27-16-9-15-25-23(27)18-19-26-24-14-7-8-17-30(24)35-31(25)26/h1-20H.